The summed E-state index contributed by atoms with van der Waals surface area (Å²) in [7, 11) is 1.40. The Morgan fingerprint density at radius 2 is 2.07 bits per heavy atom. The zero-order valence-corrected chi connectivity index (χ0v) is 11.1. The summed E-state index contributed by atoms with van der Waals surface area (Å²) >= 11 is 5.00. The summed E-state index contributed by atoms with van der Waals surface area (Å²) < 4.78 is 4.64. The Morgan fingerprint density at radius 3 is 2.53 bits per heavy atom. The summed E-state index contributed by atoms with van der Waals surface area (Å²) in [6.07, 6.45) is 2.69. The molecule has 0 aromatic heterocycles. The molecule has 1 atom stereocenters. The molecular formula is C11H13BrO2S. The monoisotopic (exact) mass is 288 g/mol. The lowest BCUT2D eigenvalue weighted by molar-refractivity contribution is -0.139. The second-order valence-corrected chi connectivity index (χ2v) is 5.03. The number of alkyl halides is 1. The minimum Gasteiger partial charge on any atom is -0.468 e. The Morgan fingerprint density at radius 1 is 1.47 bits per heavy atom. The number of halogens is 1. The van der Waals surface area contributed by atoms with Gasteiger partial charge in [0.1, 0.15) is 4.83 Å². The van der Waals surface area contributed by atoms with Gasteiger partial charge in [-0.15, -0.1) is 11.8 Å². The van der Waals surface area contributed by atoms with Crippen molar-refractivity contribution < 1.29 is 9.53 Å². The first-order valence-electron chi connectivity index (χ1n) is 4.52. The van der Waals surface area contributed by atoms with Gasteiger partial charge < -0.3 is 4.74 Å². The van der Waals surface area contributed by atoms with Crippen molar-refractivity contribution in [3.05, 3.63) is 29.8 Å². The van der Waals surface area contributed by atoms with E-state index in [0.717, 1.165) is 5.56 Å². The van der Waals surface area contributed by atoms with Gasteiger partial charge in [0.2, 0.25) is 0 Å². The molecule has 0 saturated carbocycles. The lowest BCUT2D eigenvalue weighted by atomic mass is 10.1. The third kappa shape index (κ3) is 3.87. The molecule has 0 N–H and O–H groups in total. The summed E-state index contributed by atoms with van der Waals surface area (Å²) in [5.41, 5.74) is 1.13. The van der Waals surface area contributed by atoms with E-state index in [4.69, 9.17) is 0 Å². The second kappa shape index (κ2) is 6.18. The standard InChI is InChI=1S/C11H13BrO2S/c1-14-11(13)10(12)7-8-3-5-9(15-2)6-4-8/h3-6,10H,7H2,1-2H3. The first-order chi connectivity index (χ1) is 7.17. The molecule has 1 aromatic carbocycles. The largest absolute Gasteiger partial charge is 0.468 e. The highest BCUT2D eigenvalue weighted by molar-refractivity contribution is 9.10. The molecule has 4 heteroatoms. The number of hydrogen-bond donors (Lipinski definition) is 0. The number of thioether (sulfide) groups is 1. The first kappa shape index (κ1) is 12.6. The summed E-state index contributed by atoms with van der Waals surface area (Å²) in [5.74, 6) is -0.232. The zero-order chi connectivity index (χ0) is 11.3. The predicted octanol–water partition coefficient (Wildman–Crippen LogP) is 2.89. The fraction of sp³-hybridized carbons (Fsp3) is 0.364. The van der Waals surface area contributed by atoms with E-state index in [-0.39, 0.29) is 10.8 Å². The maximum absolute atomic E-state index is 11.2. The maximum atomic E-state index is 11.2. The Kier molecular flexibility index (Phi) is 5.19. The third-order valence-corrected chi connectivity index (χ3v) is 3.47. The van der Waals surface area contributed by atoms with Crippen LogP contribution in [0.25, 0.3) is 0 Å². The summed E-state index contributed by atoms with van der Waals surface area (Å²) in [6.45, 7) is 0. The van der Waals surface area contributed by atoms with Crippen LogP contribution in [0.15, 0.2) is 29.2 Å². The van der Waals surface area contributed by atoms with Gasteiger partial charge in [0.05, 0.1) is 7.11 Å². The number of methoxy groups -OCH3 is 1. The maximum Gasteiger partial charge on any atom is 0.319 e. The van der Waals surface area contributed by atoms with Crippen LogP contribution >= 0.6 is 27.7 Å². The molecule has 1 aromatic rings. The van der Waals surface area contributed by atoms with Crippen molar-refractivity contribution in [1.82, 2.24) is 0 Å². The highest BCUT2D eigenvalue weighted by Gasteiger charge is 2.15. The molecule has 0 amide bonds. The van der Waals surface area contributed by atoms with E-state index in [9.17, 15) is 4.79 Å². The van der Waals surface area contributed by atoms with Crippen LogP contribution in [0.1, 0.15) is 5.56 Å². The Labute approximate surface area is 103 Å². The average Bonchev–Trinajstić information content (AvgIpc) is 2.29. The Hall–Kier alpha value is -0.480. The van der Waals surface area contributed by atoms with E-state index in [1.807, 2.05) is 18.4 Å². The normalized spacial score (nSPS) is 12.2. The molecule has 0 radical (unpaired) electrons. The van der Waals surface area contributed by atoms with Crippen molar-refractivity contribution in [2.75, 3.05) is 13.4 Å². The molecular weight excluding hydrogens is 276 g/mol. The van der Waals surface area contributed by atoms with Gasteiger partial charge in [-0.05, 0) is 30.4 Å². The number of esters is 1. The van der Waals surface area contributed by atoms with Gasteiger partial charge in [0, 0.05) is 4.90 Å². The molecule has 0 saturated heterocycles. The number of ether oxygens (including phenoxy) is 1. The molecule has 0 aliphatic carbocycles. The topological polar surface area (TPSA) is 26.3 Å². The summed E-state index contributed by atoms with van der Waals surface area (Å²) in [6, 6.07) is 8.17. The van der Waals surface area contributed by atoms with Crippen LogP contribution in [0.5, 0.6) is 0 Å². The van der Waals surface area contributed by atoms with Crippen molar-refractivity contribution in [3.63, 3.8) is 0 Å². The van der Waals surface area contributed by atoms with Crippen LogP contribution in [-0.2, 0) is 16.0 Å². The summed E-state index contributed by atoms with van der Waals surface area (Å²) in [4.78, 5) is 12.1. The van der Waals surface area contributed by atoms with Gasteiger partial charge in [-0.3, -0.25) is 4.79 Å². The van der Waals surface area contributed by atoms with Gasteiger partial charge in [-0.1, -0.05) is 28.1 Å². The van der Waals surface area contributed by atoms with Gasteiger partial charge >= 0.3 is 5.97 Å². The minimum absolute atomic E-state index is 0.232. The molecule has 1 unspecified atom stereocenters. The molecule has 1 rings (SSSR count). The fourth-order valence-corrected chi connectivity index (χ4v) is 2.15. The van der Waals surface area contributed by atoms with Gasteiger partial charge in [-0.2, -0.15) is 0 Å². The lowest BCUT2D eigenvalue weighted by Gasteiger charge is -2.07. The molecule has 0 aliphatic rings. The van der Waals surface area contributed by atoms with E-state index in [1.165, 1.54) is 12.0 Å². The fourth-order valence-electron chi connectivity index (χ4n) is 1.18. The molecule has 0 bridgehead atoms. The van der Waals surface area contributed by atoms with Crippen molar-refractivity contribution in [1.29, 1.82) is 0 Å². The molecule has 82 valence electrons. The van der Waals surface area contributed by atoms with Crippen molar-refractivity contribution >= 4 is 33.7 Å². The molecule has 15 heavy (non-hydrogen) atoms. The van der Waals surface area contributed by atoms with Crippen LogP contribution in [0.4, 0.5) is 0 Å². The van der Waals surface area contributed by atoms with Crippen molar-refractivity contribution in [2.24, 2.45) is 0 Å². The molecule has 0 heterocycles. The second-order valence-electron chi connectivity index (χ2n) is 3.04. The van der Waals surface area contributed by atoms with Crippen LogP contribution in [0, 0.1) is 0 Å². The van der Waals surface area contributed by atoms with Crippen LogP contribution in [-0.4, -0.2) is 24.2 Å². The number of hydrogen-bond acceptors (Lipinski definition) is 3. The average molecular weight is 289 g/mol. The quantitative estimate of drug-likeness (QED) is 0.484. The van der Waals surface area contributed by atoms with E-state index in [1.54, 1.807) is 11.8 Å². The van der Waals surface area contributed by atoms with Crippen molar-refractivity contribution in [2.45, 2.75) is 16.1 Å². The van der Waals surface area contributed by atoms with E-state index < -0.39 is 0 Å². The van der Waals surface area contributed by atoms with Gasteiger partial charge in [0.15, 0.2) is 0 Å². The van der Waals surface area contributed by atoms with Crippen LogP contribution in [0.2, 0.25) is 0 Å². The molecule has 0 fully saturated rings. The van der Waals surface area contributed by atoms with Gasteiger partial charge in [0.25, 0.3) is 0 Å². The number of benzene rings is 1. The zero-order valence-electron chi connectivity index (χ0n) is 8.70. The first-order valence-corrected chi connectivity index (χ1v) is 6.66. The van der Waals surface area contributed by atoms with Crippen molar-refractivity contribution in [3.8, 4) is 0 Å². The molecule has 0 spiro atoms. The van der Waals surface area contributed by atoms with E-state index >= 15 is 0 Å². The predicted molar refractivity (Wildman–Crippen MR) is 66.7 cm³/mol. The Bertz CT molecular complexity index is 324. The van der Waals surface area contributed by atoms with Crippen LogP contribution < -0.4 is 0 Å². The third-order valence-electron chi connectivity index (χ3n) is 2.03. The number of rotatable bonds is 4. The SMILES string of the molecule is COC(=O)C(Br)Cc1ccc(SC)cc1. The van der Waals surface area contributed by atoms with E-state index in [0.29, 0.717) is 6.42 Å². The molecule has 0 aliphatic heterocycles. The molecule has 2 nitrogen and oxygen atoms in total. The van der Waals surface area contributed by atoms with Crippen LogP contribution in [0.3, 0.4) is 0 Å². The minimum atomic E-state index is -0.261. The van der Waals surface area contributed by atoms with E-state index in [2.05, 4.69) is 32.8 Å². The smallest absolute Gasteiger partial charge is 0.319 e. The highest BCUT2D eigenvalue weighted by atomic mass is 79.9. The highest BCUT2D eigenvalue weighted by Crippen LogP contribution is 2.17. The van der Waals surface area contributed by atoms with Gasteiger partial charge in [-0.25, -0.2) is 0 Å². The summed E-state index contributed by atoms with van der Waals surface area (Å²) in [5, 5.41) is 0. The number of carbonyl (C=O) groups is 1. The Balaban J connectivity index is 2.60. The lowest BCUT2D eigenvalue weighted by Crippen LogP contribution is -2.17. The number of carbonyl (C=O) groups excluding carboxylic acids is 1.